The number of nitrogens with one attached hydrogen (secondary N) is 1. The first-order valence-electron chi connectivity index (χ1n) is 9.35. The zero-order chi connectivity index (χ0) is 22.0. The molecule has 0 bridgehead atoms. The highest BCUT2D eigenvalue weighted by molar-refractivity contribution is 5.83. The molecule has 0 radical (unpaired) electrons. The van der Waals surface area contributed by atoms with Crippen LogP contribution in [0.3, 0.4) is 0 Å². The van der Waals surface area contributed by atoms with Gasteiger partial charge in [-0.2, -0.15) is 0 Å². The smallest absolute Gasteiger partial charge is 0.220 e. The van der Waals surface area contributed by atoms with Crippen LogP contribution in [0.15, 0.2) is 29.1 Å². The summed E-state index contributed by atoms with van der Waals surface area (Å²) in [6.07, 6.45) is -0.801. The summed E-state index contributed by atoms with van der Waals surface area (Å²) >= 11 is 0. The van der Waals surface area contributed by atoms with E-state index in [2.05, 4.69) is 5.32 Å². The molecule has 1 amide bonds. The molecule has 2 N–H and O–H groups in total. The van der Waals surface area contributed by atoms with Gasteiger partial charge in [0.2, 0.25) is 17.1 Å². The van der Waals surface area contributed by atoms with Crippen LogP contribution < -0.4 is 29.7 Å². The van der Waals surface area contributed by atoms with Gasteiger partial charge in [0.1, 0.15) is 0 Å². The number of amides is 1. The molecule has 2 aromatic rings. The van der Waals surface area contributed by atoms with E-state index in [1.807, 2.05) is 0 Å². The Morgan fingerprint density at radius 1 is 1.00 bits per heavy atom. The predicted molar refractivity (Wildman–Crippen MR) is 111 cm³/mol. The maximum absolute atomic E-state index is 12.7. The number of carbonyl (C=O) groups excluding carboxylic acids is 1. The van der Waals surface area contributed by atoms with Crippen LogP contribution in [0, 0.1) is 0 Å². The molecule has 0 aromatic heterocycles. The van der Waals surface area contributed by atoms with Crippen LogP contribution >= 0.6 is 0 Å². The molecule has 0 saturated carbocycles. The molecule has 0 fully saturated rings. The highest BCUT2D eigenvalue weighted by Gasteiger charge is 2.34. The third-order valence-electron chi connectivity index (χ3n) is 5.15. The number of hydrogen-bond donors (Lipinski definition) is 2. The Hall–Kier alpha value is -3.26. The van der Waals surface area contributed by atoms with Gasteiger partial charge in [0.05, 0.1) is 40.6 Å². The van der Waals surface area contributed by atoms with Crippen molar-refractivity contribution in [1.82, 2.24) is 5.32 Å². The standard InChI is InChI=1S/C22H25NO7/c1-11(24)23-20-14-10-15(25)17(27-2)7-6-13(14)19-12(8-16(20)26)9-18(28-3)21(29-4)22(19)30-5/h6-7,9-10,16,20,26H,8H2,1-5H3,(H,23,24). The van der Waals surface area contributed by atoms with Gasteiger partial charge in [-0.3, -0.25) is 9.59 Å². The first-order chi connectivity index (χ1) is 14.4. The second kappa shape index (κ2) is 8.62. The number of ether oxygens (including phenoxy) is 4. The molecule has 0 spiro atoms. The summed E-state index contributed by atoms with van der Waals surface area (Å²) in [5, 5.41) is 13.7. The third-order valence-corrected chi connectivity index (χ3v) is 5.15. The van der Waals surface area contributed by atoms with E-state index in [0.717, 1.165) is 5.56 Å². The average Bonchev–Trinajstić information content (AvgIpc) is 2.94. The Bertz CT molecular complexity index is 1030. The van der Waals surface area contributed by atoms with Crippen LogP contribution in [0.5, 0.6) is 23.0 Å². The van der Waals surface area contributed by atoms with Crippen LogP contribution in [0.4, 0.5) is 0 Å². The van der Waals surface area contributed by atoms with E-state index >= 15 is 0 Å². The van der Waals surface area contributed by atoms with E-state index in [-0.39, 0.29) is 23.5 Å². The van der Waals surface area contributed by atoms with Gasteiger partial charge >= 0.3 is 0 Å². The molecule has 0 heterocycles. The number of carbonyl (C=O) groups is 1. The van der Waals surface area contributed by atoms with E-state index in [1.165, 1.54) is 41.4 Å². The largest absolute Gasteiger partial charge is 0.493 e. The molecule has 30 heavy (non-hydrogen) atoms. The highest BCUT2D eigenvalue weighted by Crippen LogP contribution is 2.50. The van der Waals surface area contributed by atoms with Crippen molar-refractivity contribution in [2.24, 2.45) is 0 Å². The second-order valence-corrected chi connectivity index (χ2v) is 6.91. The molecular weight excluding hydrogens is 390 g/mol. The third kappa shape index (κ3) is 3.66. The summed E-state index contributed by atoms with van der Waals surface area (Å²) in [5.74, 6) is 1.05. The first-order valence-corrected chi connectivity index (χ1v) is 9.35. The lowest BCUT2D eigenvalue weighted by Crippen LogP contribution is -2.35. The van der Waals surface area contributed by atoms with Crippen molar-refractivity contribution in [2.45, 2.75) is 25.5 Å². The molecule has 0 aliphatic heterocycles. The molecular formula is C22H25NO7. The van der Waals surface area contributed by atoms with Crippen molar-refractivity contribution < 1.29 is 28.8 Å². The van der Waals surface area contributed by atoms with Gasteiger partial charge in [-0.05, 0) is 34.9 Å². The fraction of sp³-hybridized carbons (Fsp3) is 0.364. The van der Waals surface area contributed by atoms with E-state index in [9.17, 15) is 14.7 Å². The second-order valence-electron chi connectivity index (χ2n) is 6.91. The lowest BCUT2D eigenvalue weighted by atomic mass is 9.95. The minimum atomic E-state index is -0.996. The molecule has 0 saturated heterocycles. The number of rotatable bonds is 5. The van der Waals surface area contributed by atoms with Gasteiger partial charge in [-0.1, -0.05) is 6.07 Å². The monoisotopic (exact) mass is 415 g/mol. The molecule has 2 unspecified atom stereocenters. The van der Waals surface area contributed by atoms with Crippen molar-refractivity contribution in [3.05, 3.63) is 45.6 Å². The quantitative estimate of drug-likeness (QED) is 0.768. The number of aliphatic hydroxyl groups is 1. The molecule has 8 nitrogen and oxygen atoms in total. The van der Waals surface area contributed by atoms with Crippen LogP contribution in [-0.4, -0.2) is 45.6 Å². The first kappa shape index (κ1) is 21.4. The summed E-state index contributed by atoms with van der Waals surface area (Å²) in [6.45, 7) is 1.36. The van der Waals surface area contributed by atoms with E-state index < -0.39 is 12.1 Å². The lowest BCUT2D eigenvalue weighted by molar-refractivity contribution is -0.120. The Labute approximate surface area is 174 Å². The maximum atomic E-state index is 12.7. The summed E-state index contributed by atoms with van der Waals surface area (Å²) in [6, 6.07) is 5.61. The fourth-order valence-corrected chi connectivity index (χ4v) is 3.89. The van der Waals surface area contributed by atoms with Gasteiger partial charge in [0.15, 0.2) is 17.2 Å². The van der Waals surface area contributed by atoms with Gasteiger partial charge < -0.3 is 29.4 Å². The molecule has 8 heteroatoms. The Balaban J connectivity index is 2.46. The number of hydrogen-bond acceptors (Lipinski definition) is 7. The molecule has 2 aromatic carbocycles. The van der Waals surface area contributed by atoms with Crippen LogP contribution in [0.1, 0.15) is 24.1 Å². The summed E-state index contributed by atoms with van der Waals surface area (Å²) in [4.78, 5) is 24.5. The Morgan fingerprint density at radius 3 is 2.23 bits per heavy atom. The Morgan fingerprint density at radius 2 is 1.67 bits per heavy atom. The minimum absolute atomic E-state index is 0.139. The molecule has 2 atom stereocenters. The fourth-order valence-electron chi connectivity index (χ4n) is 3.89. The van der Waals surface area contributed by atoms with Crippen molar-refractivity contribution in [3.8, 4) is 34.1 Å². The maximum Gasteiger partial charge on any atom is 0.220 e. The van der Waals surface area contributed by atoms with Crippen molar-refractivity contribution in [3.63, 3.8) is 0 Å². The normalized spacial score (nSPS) is 17.1. The predicted octanol–water partition coefficient (Wildman–Crippen LogP) is 1.84. The summed E-state index contributed by atoms with van der Waals surface area (Å²) in [5.41, 5.74) is 2.07. The van der Waals surface area contributed by atoms with Crippen molar-refractivity contribution in [1.29, 1.82) is 0 Å². The average molecular weight is 415 g/mol. The van der Waals surface area contributed by atoms with Crippen LogP contribution in [0.25, 0.3) is 11.1 Å². The van der Waals surface area contributed by atoms with Crippen molar-refractivity contribution in [2.75, 3.05) is 28.4 Å². The van der Waals surface area contributed by atoms with Crippen LogP contribution in [-0.2, 0) is 11.2 Å². The number of aliphatic hydroxyl groups excluding tert-OH is 1. The SMILES string of the molecule is COc1cc2c(c(OC)c1OC)-c1ccc(OC)c(=O)cc1C(NC(C)=O)C(O)C2. The van der Waals surface area contributed by atoms with E-state index in [4.69, 9.17) is 18.9 Å². The van der Waals surface area contributed by atoms with E-state index in [0.29, 0.717) is 33.9 Å². The van der Waals surface area contributed by atoms with Gasteiger partial charge in [-0.15, -0.1) is 0 Å². The molecule has 3 rings (SSSR count). The topological polar surface area (TPSA) is 103 Å². The number of methoxy groups -OCH3 is 4. The zero-order valence-corrected chi connectivity index (χ0v) is 17.6. The molecule has 1 aliphatic carbocycles. The summed E-state index contributed by atoms with van der Waals surface area (Å²) in [7, 11) is 5.93. The lowest BCUT2D eigenvalue weighted by Gasteiger charge is -2.22. The molecule has 160 valence electrons. The number of benzene rings is 1. The van der Waals surface area contributed by atoms with Crippen LogP contribution in [0.2, 0.25) is 0 Å². The Kier molecular flexibility index (Phi) is 6.17. The minimum Gasteiger partial charge on any atom is -0.493 e. The summed E-state index contributed by atoms with van der Waals surface area (Å²) < 4.78 is 21.8. The zero-order valence-electron chi connectivity index (χ0n) is 17.6. The molecule has 1 aliphatic rings. The highest BCUT2D eigenvalue weighted by atomic mass is 16.5. The van der Waals surface area contributed by atoms with Gasteiger partial charge in [-0.25, -0.2) is 0 Å². The number of fused-ring (bicyclic) bond motifs is 3. The van der Waals surface area contributed by atoms with Gasteiger partial charge in [0.25, 0.3) is 0 Å². The van der Waals surface area contributed by atoms with Crippen molar-refractivity contribution >= 4 is 5.91 Å². The van der Waals surface area contributed by atoms with E-state index in [1.54, 1.807) is 18.2 Å². The van der Waals surface area contributed by atoms with Gasteiger partial charge in [0, 0.05) is 18.9 Å².